The minimum atomic E-state index is -1.43. The van der Waals surface area contributed by atoms with E-state index >= 15 is 0 Å². The maximum absolute atomic E-state index is 14.1. The van der Waals surface area contributed by atoms with Crippen LogP contribution in [-0.2, 0) is 0 Å². The normalized spacial score (nSPS) is 26.5. The molecule has 0 amide bonds. The van der Waals surface area contributed by atoms with Gasteiger partial charge in [-0.1, -0.05) is 0 Å². The lowest BCUT2D eigenvalue weighted by Gasteiger charge is -2.34. The molecule has 3 N–H and O–H groups in total. The Labute approximate surface area is 147 Å². The van der Waals surface area contributed by atoms with Crippen LogP contribution in [0.25, 0.3) is 11.1 Å². The summed E-state index contributed by atoms with van der Waals surface area (Å²) >= 11 is 1.02. The number of aliphatic hydroxyl groups is 3. The zero-order valence-electron chi connectivity index (χ0n) is 13.3. The fraction of sp³-hybridized carbons (Fsp3) is 0.353. The maximum atomic E-state index is 14.1. The van der Waals surface area contributed by atoms with Gasteiger partial charge < -0.3 is 20.1 Å². The Morgan fingerprint density at radius 1 is 1.12 bits per heavy atom. The van der Waals surface area contributed by atoms with E-state index in [9.17, 15) is 24.1 Å². The number of rotatable bonds is 3. The van der Waals surface area contributed by atoms with Gasteiger partial charge in [0, 0.05) is 17.6 Å². The molecule has 0 bridgehead atoms. The highest BCUT2D eigenvalue weighted by Gasteiger charge is 2.39. The van der Waals surface area contributed by atoms with Crippen molar-refractivity contribution in [2.45, 2.75) is 30.7 Å². The Balaban J connectivity index is 1.91. The Morgan fingerprint density at radius 2 is 1.88 bits per heavy atom. The molecule has 0 spiro atoms. The summed E-state index contributed by atoms with van der Waals surface area (Å²) in [4.78, 5) is 4.06. The van der Waals surface area contributed by atoms with Gasteiger partial charge in [-0.3, -0.25) is 4.98 Å². The second-order valence-electron chi connectivity index (χ2n) is 5.82. The van der Waals surface area contributed by atoms with Gasteiger partial charge in [-0.25, -0.2) is 4.39 Å². The van der Waals surface area contributed by atoms with Gasteiger partial charge in [0.15, 0.2) is 17.0 Å². The van der Waals surface area contributed by atoms with Crippen LogP contribution in [0.3, 0.4) is 0 Å². The van der Waals surface area contributed by atoms with Crippen molar-refractivity contribution < 1.29 is 28.8 Å². The van der Waals surface area contributed by atoms with E-state index in [2.05, 4.69) is 4.98 Å². The van der Waals surface area contributed by atoms with Gasteiger partial charge in [0.05, 0.1) is 6.10 Å². The molecule has 0 unspecified atom stereocenters. The van der Waals surface area contributed by atoms with Crippen LogP contribution in [-0.4, -0.2) is 49.8 Å². The molecule has 2 aromatic rings. The van der Waals surface area contributed by atoms with Gasteiger partial charge in [-0.2, -0.15) is 4.39 Å². The Morgan fingerprint density at radius 3 is 2.60 bits per heavy atom. The van der Waals surface area contributed by atoms with E-state index in [4.69, 9.17) is 4.74 Å². The van der Waals surface area contributed by atoms with E-state index in [1.54, 1.807) is 25.3 Å². The molecular formula is C17H17F2NO4S. The third kappa shape index (κ3) is 3.77. The first-order valence-corrected chi connectivity index (χ1v) is 8.66. The van der Waals surface area contributed by atoms with Gasteiger partial charge in [0.2, 0.25) is 5.82 Å². The number of thioether (sulfide) groups is 1. The third-order valence-electron chi connectivity index (χ3n) is 3.92. The molecule has 25 heavy (non-hydrogen) atoms. The molecule has 0 saturated carbocycles. The highest BCUT2D eigenvalue weighted by molar-refractivity contribution is 7.99. The average molecular weight is 369 g/mol. The lowest BCUT2D eigenvalue weighted by atomic mass is 10.1. The van der Waals surface area contributed by atoms with Crippen LogP contribution in [0.4, 0.5) is 8.78 Å². The Hall–Kier alpha value is -1.74. The van der Waals surface area contributed by atoms with Gasteiger partial charge in [0.1, 0.15) is 12.2 Å². The second kappa shape index (κ2) is 7.25. The van der Waals surface area contributed by atoms with Crippen molar-refractivity contribution in [2.75, 3.05) is 5.75 Å². The predicted octanol–water partition coefficient (Wildman–Crippen LogP) is 1.87. The molecule has 1 aromatic heterocycles. The number of hydrogen-bond donors (Lipinski definition) is 3. The average Bonchev–Trinajstić information content (AvgIpc) is 2.59. The number of nitrogens with zero attached hydrogens (tertiary/aromatic N) is 1. The maximum Gasteiger partial charge on any atom is 0.200 e. The van der Waals surface area contributed by atoms with E-state index in [-0.39, 0.29) is 11.5 Å². The summed E-state index contributed by atoms with van der Waals surface area (Å²) in [5, 5.41) is 29.2. The van der Waals surface area contributed by atoms with Gasteiger partial charge >= 0.3 is 0 Å². The zero-order chi connectivity index (χ0) is 18.1. The molecule has 0 aliphatic carbocycles. The smallest absolute Gasteiger partial charge is 0.200 e. The molecule has 1 fully saturated rings. The second-order valence-corrected chi connectivity index (χ2v) is 6.96. The van der Waals surface area contributed by atoms with Crippen LogP contribution in [0.2, 0.25) is 0 Å². The molecule has 0 radical (unpaired) electrons. The first-order valence-electron chi connectivity index (χ1n) is 7.61. The quantitative estimate of drug-likeness (QED) is 0.766. The number of halogens is 2. The first-order chi connectivity index (χ1) is 11.9. The molecule has 1 aliphatic rings. The van der Waals surface area contributed by atoms with E-state index in [0.29, 0.717) is 11.1 Å². The van der Waals surface area contributed by atoms with Crippen molar-refractivity contribution in [1.82, 2.24) is 4.98 Å². The molecule has 5 nitrogen and oxygen atoms in total. The number of ether oxygens (including phenoxy) is 1. The van der Waals surface area contributed by atoms with Gasteiger partial charge in [-0.05, 0) is 42.3 Å². The van der Waals surface area contributed by atoms with Crippen LogP contribution in [0.15, 0.2) is 30.5 Å². The minimum Gasteiger partial charge on any atom is -0.474 e. The monoisotopic (exact) mass is 369 g/mol. The third-order valence-corrected chi connectivity index (χ3v) is 5.16. The fourth-order valence-corrected chi connectivity index (χ4v) is 3.66. The van der Waals surface area contributed by atoms with E-state index in [0.717, 1.165) is 23.5 Å². The summed E-state index contributed by atoms with van der Waals surface area (Å²) in [5.41, 5.74) is 0.737. The van der Waals surface area contributed by atoms with E-state index < -0.39 is 35.4 Å². The van der Waals surface area contributed by atoms with Gasteiger partial charge in [-0.15, -0.1) is 11.8 Å². The number of benzene rings is 1. The van der Waals surface area contributed by atoms with E-state index in [1.807, 2.05) is 0 Å². The fourth-order valence-electron chi connectivity index (χ4n) is 2.55. The Bertz CT molecular complexity index is 776. The molecule has 8 heteroatoms. The summed E-state index contributed by atoms with van der Waals surface area (Å²) < 4.78 is 33.5. The SMILES string of the molecule is Cc1cc(-c2cc(F)c(F)c(O[C@H]3SC[C@@H](O)[C@H](O)[C@H]3O)c2)ccn1. The van der Waals surface area contributed by atoms with Crippen molar-refractivity contribution in [3.05, 3.63) is 47.8 Å². The molecule has 2 heterocycles. The Kier molecular flexibility index (Phi) is 5.24. The van der Waals surface area contributed by atoms with Crippen LogP contribution in [0.5, 0.6) is 5.75 Å². The molecule has 3 rings (SSSR count). The lowest BCUT2D eigenvalue weighted by molar-refractivity contribution is -0.0790. The number of aromatic nitrogens is 1. The molecule has 1 aromatic carbocycles. The summed E-state index contributed by atoms with van der Waals surface area (Å²) in [7, 11) is 0. The predicted molar refractivity (Wildman–Crippen MR) is 89.2 cm³/mol. The molecule has 134 valence electrons. The van der Waals surface area contributed by atoms with Crippen LogP contribution >= 0.6 is 11.8 Å². The van der Waals surface area contributed by atoms with Gasteiger partial charge in [0.25, 0.3) is 0 Å². The molecule has 4 atom stereocenters. The summed E-state index contributed by atoms with van der Waals surface area (Å²) in [6, 6.07) is 5.77. The van der Waals surface area contributed by atoms with Crippen molar-refractivity contribution in [1.29, 1.82) is 0 Å². The number of pyridine rings is 1. The number of aliphatic hydroxyl groups excluding tert-OH is 3. The number of aryl methyl sites for hydroxylation is 1. The highest BCUT2D eigenvalue weighted by atomic mass is 32.2. The topological polar surface area (TPSA) is 82.8 Å². The van der Waals surface area contributed by atoms with Crippen LogP contribution in [0, 0.1) is 18.6 Å². The standard InChI is InChI=1S/C17H17F2NO4S/c1-8-4-9(2-3-20-8)10-5-11(18)14(19)13(6-10)24-17-16(23)15(22)12(21)7-25-17/h2-6,12,15-17,21-23H,7H2,1H3/t12-,15+,16-,17+/m1/s1. The van der Waals surface area contributed by atoms with E-state index in [1.165, 1.54) is 6.07 Å². The summed E-state index contributed by atoms with van der Waals surface area (Å²) in [6.07, 6.45) is -2.38. The summed E-state index contributed by atoms with van der Waals surface area (Å²) in [5.74, 6) is -2.53. The van der Waals surface area contributed by atoms with Crippen molar-refractivity contribution in [3.63, 3.8) is 0 Å². The molecule has 1 aliphatic heterocycles. The first kappa shape index (κ1) is 18.1. The number of hydrogen-bond acceptors (Lipinski definition) is 6. The molecule has 1 saturated heterocycles. The largest absolute Gasteiger partial charge is 0.474 e. The van der Waals surface area contributed by atoms with Crippen molar-refractivity contribution in [3.8, 4) is 16.9 Å². The lowest BCUT2D eigenvalue weighted by Crippen LogP contribution is -2.50. The highest BCUT2D eigenvalue weighted by Crippen LogP contribution is 2.34. The molecular weight excluding hydrogens is 352 g/mol. The van der Waals surface area contributed by atoms with Crippen molar-refractivity contribution >= 4 is 11.8 Å². The van der Waals surface area contributed by atoms with Crippen molar-refractivity contribution in [2.24, 2.45) is 0 Å². The van der Waals surface area contributed by atoms with Crippen LogP contribution in [0.1, 0.15) is 5.69 Å². The van der Waals surface area contributed by atoms with Crippen LogP contribution < -0.4 is 4.74 Å². The summed E-state index contributed by atoms with van der Waals surface area (Å²) in [6.45, 7) is 1.78. The minimum absolute atomic E-state index is 0.107. The zero-order valence-corrected chi connectivity index (χ0v) is 14.1.